The highest BCUT2D eigenvalue weighted by Gasteiger charge is 2.41. The van der Waals surface area contributed by atoms with Gasteiger partial charge in [-0.25, -0.2) is 14.0 Å². The zero-order valence-corrected chi connectivity index (χ0v) is 13.7. The van der Waals surface area contributed by atoms with Gasteiger partial charge in [0.05, 0.1) is 0 Å². The SMILES string of the molecule is C=C(C)C(=O)Oc1cccc2c1C(=O)OC(C)(c1ccc(F)cc1)O2. The van der Waals surface area contributed by atoms with Gasteiger partial charge in [-0.3, -0.25) is 0 Å². The van der Waals surface area contributed by atoms with E-state index in [9.17, 15) is 14.0 Å². The predicted molar refractivity (Wildman–Crippen MR) is 86.7 cm³/mol. The Labute approximate surface area is 143 Å². The molecule has 1 heterocycles. The van der Waals surface area contributed by atoms with Crippen molar-refractivity contribution in [1.29, 1.82) is 0 Å². The van der Waals surface area contributed by atoms with Gasteiger partial charge in [0.2, 0.25) is 0 Å². The lowest BCUT2D eigenvalue weighted by Crippen LogP contribution is -2.39. The summed E-state index contributed by atoms with van der Waals surface area (Å²) in [5.41, 5.74) is 0.674. The average Bonchev–Trinajstić information content (AvgIpc) is 2.54. The molecule has 0 aliphatic carbocycles. The lowest BCUT2D eigenvalue weighted by molar-refractivity contribution is -0.148. The summed E-state index contributed by atoms with van der Waals surface area (Å²) >= 11 is 0. The average molecular weight is 342 g/mol. The minimum absolute atomic E-state index is 0.0108. The van der Waals surface area contributed by atoms with Gasteiger partial charge in [0.15, 0.2) is 0 Å². The third-order valence-corrected chi connectivity index (χ3v) is 3.70. The molecule has 0 N–H and O–H groups in total. The molecule has 6 heteroatoms. The lowest BCUT2D eigenvalue weighted by Gasteiger charge is -2.35. The molecule has 2 aromatic carbocycles. The van der Waals surface area contributed by atoms with Crippen LogP contribution in [0, 0.1) is 5.82 Å². The Hall–Kier alpha value is -3.15. The van der Waals surface area contributed by atoms with Crippen molar-refractivity contribution in [1.82, 2.24) is 0 Å². The van der Waals surface area contributed by atoms with Crippen molar-refractivity contribution in [2.24, 2.45) is 0 Å². The first-order chi connectivity index (χ1) is 11.8. The van der Waals surface area contributed by atoms with E-state index in [2.05, 4.69) is 6.58 Å². The van der Waals surface area contributed by atoms with Crippen LogP contribution < -0.4 is 9.47 Å². The molecule has 2 aromatic rings. The van der Waals surface area contributed by atoms with E-state index in [1.807, 2.05) is 0 Å². The minimum Gasteiger partial charge on any atom is -0.447 e. The van der Waals surface area contributed by atoms with Gasteiger partial charge in [-0.1, -0.05) is 12.6 Å². The van der Waals surface area contributed by atoms with Crippen molar-refractivity contribution in [3.05, 3.63) is 71.6 Å². The summed E-state index contributed by atoms with van der Waals surface area (Å²) in [6.45, 7) is 6.55. The maximum Gasteiger partial charge on any atom is 0.349 e. The van der Waals surface area contributed by atoms with Crippen molar-refractivity contribution < 1.29 is 28.2 Å². The topological polar surface area (TPSA) is 61.8 Å². The Kier molecular flexibility index (Phi) is 4.04. The van der Waals surface area contributed by atoms with Crippen molar-refractivity contribution in [2.45, 2.75) is 19.6 Å². The molecule has 0 fully saturated rings. The van der Waals surface area contributed by atoms with Gasteiger partial charge < -0.3 is 14.2 Å². The summed E-state index contributed by atoms with van der Waals surface area (Å²) < 4.78 is 29.5. The first-order valence-corrected chi connectivity index (χ1v) is 7.49. The number of esters is 2. The monoisotopic (exact) mass is 342 g/mol. The number of fused-ring (bicyclic) bond motifs is 1. The molecular formula is C19H15FO5. The van der Waals surface area contributed by atoms with E-state index in [4.69, 9.17) is 14.2 Å². The highest BCUT2D eigenvalue weighted by Crippen LogP contribution is 2.41. The molecule has 1 aliphatic heterocycles. The molecule has 0 amide bonds. The molecule has 0 bridgehead atoms. The summed E-state index contributed by atoms with van der Waals surface area (Å²) in [5, 5.41) is 0. The van der Waals surface area contributed by atoms with E-state index in [1.54, 1.807) is 19.1 Å². The van der Waals surface area contributed by atoms with Crippen LogP contribution in [0.25, 0.3) is 0 Å². The van der Waals surface area contributed by atoms with Crippen LogP contribution >= 0.6 is 0 Å². The summed E-state index contributed by atoms with van der Waals surface area (Å²) in [7, 11) is 0. The number of cyclic esters (lactones) is 1. The van der Waals surface area contributed by atoms with Crippen molar-refractivity contribution in [3.8, 4) is 11.5 Å². The van der Waals surface area contributed by atoms with Crippen LogP contribution in [-0.4, -0.2) is 11.9 Å². The van der Waals surface area contributed by atoms with Crippen LogP contribution in [0.15, 0.2) is 54.6 Å². The summed E-state index contributed by atoms with van der Waals surface area (Å²) in [6, 6.07) is 10.1. The van der Waals surface area contributed by atoms with Gasteiger partial charge in [-0.2, -0.15) is 0 Å². The van der Waals surface area contributed by atoms with Crippen LogP contribution in [0.2, 0.25) is 0 Å². The minimum atomic E-state index is -1.42. The smallest absolute Gasteiger partial charge is 0.349 e. The van der Waals surface area contributed by atoms with Crippen LogP contribution in [0.4, 0.5) is 4.39 Å². The number of hydrogen-bond donors (Lipinski definition) is 0. The van der Waals surface area contributed by atoms with Gasteiger partial charge in [-0.05, 0) is 43.3 Å². The first-order valence-electron chi connectivity index (χ1n) is 7.49. The Morgan fingerprint density at radius 2 is 1.84 bits per heavy atom. The van der Waals surface area contributed by atoms with Crippen molar-refractivity contribution in [2.75, 3.05) is 0 Å². The quantitative estimate of drug-likeness (QED) is 0.483. The largest absolute Gasteiger partial charge is 0.447 e. The van der Waals surface area contributed by atoms with Crippen LogP contribution in [0.1, 0.15) is 29.8 Å². The van der Waals surface area contributed by atoms with E-state index in [-0.39, 0.29) is 22.6 Å². The van der Waals surface area contributed by atoms with E-state index < -0.39 is 23.5 Å². The summed E-state index contributed by atoms with van der Waals surface area (Å²) in [5.74, 6) is -2.98. The van der Waals surface area contributed by atoms with Gasteiger partial charge in [0, 0.05) is 18.1 Å². The number of rotatable bonds is 3. The standard InChI is InChI=1S/C19H15FO5/c1-11(2)17(21)23-14-5-4-6-15-16(14)18(22)25-19(3,24-15)12-7-9-13(20)10-8-12/h4-10H,1H2,2-3H3. The fourth-order valence-electron chi connectivity index (χ4n) is 2.40. The first kappa shape index (κ1) is 16.7. The Bertz CT molecular complexity index is 872. The molecule has 3 rings (SSSR count). The molecule has 0 aromatic heterocycles. The molecule has 0 saturated carbocycles. The van der Waals surface area contributed by atoms with Gasteiger partial charge in [0.1, 0.15) is 22.9 Å². The number of benzene rings is 2. The number of carbonyl (C=O) groups excluding carboxylic acids is 2. The summed E-state index contributed by atoms with van der Waals surface area (Å²) in [4.78, 5) is 24.3. The molecule has 0 spiro atoms. The van der Waals surface area contributed by atoms with Gasteiger partial charge in [0.25, 0.3) is 5.79 Å². The van der Waals surface area contributed by atoms with Gasteiger partial charge in [-0.15, -0.1) is 0 Å². The molecule has 1 atom stereocenters. The number of ether oxygens (including phenoxy) is 3. The normalized spacial score (nSPS) is 18.6. The molecular weight excluding hydrogens is 327 g/mol. The van der Waals surface area contributed by atoms with E-state index in [0.717, 1.165) is 0 Å². The Morgan fingerprint density at radius 1 is 1.16 bits per heavy atom. The molecule has 1 unspecified atom stereocenters. The number of hydrogen-bond acceptors (Lipinski definition) is 5. The highest BCUT2D eigenvalue weighted by molar-refractivity contribution is 5.98. The maximum absolute atomic E-state index is 13.1. The fourth-order valence-corrected chi connectivity index (χ4v) is 2.40. The van der Waals surface area contributed by atoms with E-state index >= 15 is 0 Å². The van der Waals surface area contributed by atoms with Crippen LogP contribution in [-0.2, 0) is 15.3 Å². The van der Waals surface area contributed by atoms with Crippen molar-refractivity contribution in [3.63, 3.8) is 0 Å². The third kappa shape index (κ3) is 3.10. The fraction of sp³-hybridized carbons (Fsp3) is 0.158. The van der Waals surface area contributed by atoms with Gasteiger partial charge >= 0.3 is 11.9 Å². The van der Waals surface area contributed by atoms with E-state index in [0.29, 0.717) is 5.56 Å². The number of halogens is 1. The Balaban J connectivity index is 1.99. The highest BCUT2D eigenvalue weighted by atomic mass is 19.1. The molecule has 1 aliphatic rings. The summed E-state index contributed by atoms with van der Waals surface area (Å²) in [6.07, 6.45) is 0. The zero-order valence-electron chi connectivity index (χ0n) is 13.7. The number of carbonyl (C=O) groups is 2. The maximum atomic E-state index is 13.1. The van der Waals surface area contributed by atoms with E-state index in [1.165, 1.54) is 37.3 Å². The lowest BCUT2D eigenvalue weighted by atomic mass is 10.0. The molecule has 128 valence electrons. The second-order valence-electron chi connectivity index (χ2n) is 5.74. The van der Waals surface area contributed by atoms with Crippen LogP contribution in [0.5, 0.6) is 11.5 Å². The zero-order chi connectivity index (χ0) is 18.2. The predicted octanol–water partition coefficient (Wildman–Crippen LogP) is 3.73. The molecule has 25 heavy (non-hydrogen) atoms. The molecule has 0 radical (unpaired) electrons. The second-order valence-corrected chi connectivity index (χ2v) is 5.74. The van der Waals surface area contributed by atoms with Crippen LogP contribution in [0.3, 0.4) is 0 Å². The second kappa shape index (κ2) is 6.05. The molecule has 5 nitrogen and oxygen atoms in total. The molecule has 0 saturated heterocycles. The Morgan fingerprint density at radius 3 is 2.48 bits per heavy atom. The van der Waals surface area contributed by atoms with Crippen molar-refractivity contribution >= 4 is 11.9 Å². The third-order valence-electron chi connectivity index (χ3n) is 3.70.